The second-order valence-electron chi connectivity index (χ2n) is 12.4. The Morgan fingerprint density at radius 1 is 1.13 bits per heavy atom. The predicted molar refractivity (Wildman–Crippen MR) is 141 cm³/mol. The van der Waals surface area contributed by atoms with Crippen molar-refractivity contribution in [1.29, 1.82) is 0 Å². The molecule has 0 radical (unpaired) electrons. The molecule has 2 aromatic carbocycles. The maximum atomic E-state index is 13.7. The largest absolute Gasteiger partial charge is 0.393 e. The van der Waals surface area contributed by atoms with Crippen LogP contribution in [-0.2, 0) is 19.1 Å². The van der Waals surface area contributed by atoms with Gasteiger partial charge in [-0.3, -0.25) is 9.59 Å². The minimum Gasteiger partial charge on any atom is -0.393 e. The quantitative estimate of drug-likeness (QED) is 0.629. The molecule has 2 N–H and O–H groups in total. The van der Waals surface area contributed by atoms with Gasteiger partial charge in [0.05, 0.1) is 12.2 Å². The van der Waals surface area contributed by atoms with E-state index in [1.54, 1.807) is 12.2 Å². The Hall–Kier alpha value is -2.64. The molecule has 1 aliphatic heterocycles. The summed E-state index contributed by atoms with van der Waals surface area (Å²) in [5.74, 6) is -0.189. The smallest absolute Gasteiger partial charge is 0.193 e. The number of fused-ring (bicyclic) bond motifs is 8. The molecule has 2 aromatic rings. The second kappa shape index (κ2) is 8.18. The number of allylic oxidation sites excluding steroid dienone is 4. The number of Topliss-reactive ketones (excluding diaryl/α,β-unsaturated/α-hetero) is 1. The number of carbonyl (C=O) groups excluding carboxylic acids is 2. The molecule has 0 spiro atoms. The molecule has 9 atom stereocenters. The van der Waals surface area contributed by atoms with Gasteiger partial charge in [0, 0.05) is 22.3 Å². The zero-order valence-corrected chi connectivity index (χ0v) is 21.8. The van der Waals surface area contributed by atoms with Crippen LogP contribution in [0.25, 0.3) is 10.8 Å². The molecule has 3 saturated carbocycles. The summed E-state index contributed by atoms with van der Waals surface area (Å²) >= 11 is 0. The van der Waals surface area contributed by atoms with Gasteiger partial charge >= 0.3 is 0 Å². The van der Waals surface area contributed by atoms with E-state index in [9.17, 15) is 19.8 Å². The van der Waals surface area contributed by atoms with E-state index in [-0.39, 0.29) is 29.3 Å². The highest BCUT2D eigenvalue weighted by molar-refractivity contribution is 6.01. The maximum Gasteiger partial charge on any atom is 0.193 e. The van der Waals surface area contributed by atoms with E-state index in [0.29, 0.717) is 12.8 Å². The van der Waals surface area contributed by atoms with Crippen molar-refractivity contribution in [2.45, 2.75) is 63.6 Å². The SMILES string of the molecule is C[C@]12C=CC(=O)C=C1CC[C@@H]1[C@@H]2[C@@H](O)C[C@@]2(C)[C@H]1C[C@H]1OC(c3ccc4ccccc4c3)O[C@]12C(=O)CO. The summed E-state index contributed by atoms with van der Waals surface area (Å²) < 4.78 is 13.3. The summed E-state index contributed by atoms with van der Waals surface area (Å²) in [6, 6.07) is 14.1. The summed E-state index contributed by atoms with van der Waals surface area (Å²) in [6.45, 7) is 3.56. The lowest BCUT2D eigenvalue weighted by Crippen LogP contribution is -2.63. The van der Waals surface area contributed by atoms with E-state index < -0.39 is 41.5 Å². The average molecular weight is 515 g/mol. The summed E-state index contributed by atoms with van der Waals surface area (Å²) in [7, 11) is 0. The van der Waals surface area contributed by atoms with Crippen molar-refractivity contribution in [3.63, 3.8) is 0 Å². The van der Waals surface area contributed by atoms with E-state index in [1.165, 1.54) is 0 Å². The topological polar surface area (TPSA) is 93.1 Å². The van der Waals surface area contributed by atoms with Crippen LogP contribution in [0.4, 0.5) is 0 Å². The number of hydrogen-bond acceptors (Lipinski definition) is 6. The predicted octanol–water partition coefficient (Wildman–Crippen LogP) is 4.44. The standard InChI is InChI=1S/C32H34O6/c1-30-12-11-22(34)14-21(30)9-10-23-24-15-27-32(26(36)17-33,31(24,2)16-25(35)28(23)30)38-29(37-27)20-8-7-18-5-3-4-6-19(18)13-20/h3-8,11-14,23-25,27-29,33,35H,9-10,15-17H2,1-2H3/t23-,24-,25-,27+,28+,29?,30-,31-,32+/m0/s1. The van der Waals surface area contributed by atoms with Crippen molar-refractivity contribution in [3.8, 4) is 0 Å². The Labute approximate surface area is 222 Å². The fourth-order valence-electron chi connectivity index (χ4n) is 9.19. The lowest BCUT2D eigenvalue weighted by molar-refractivity contribution is -0.201. The number of benzene rings is 2. The lowest BCUT2D eigenvalue weighted by Gasteiger charge is -2.59. The summed E-state index contributed by atoms with van der Waals surface area (Å²) in [5, 5.41) is 24.1. The van der Waals surface area contributed by atoms with Gasteiger partial charge in [-0.05, 0) is 66.5 Å². The fourth-order valence-corrected chi connectivity index (χ4v) is 9.19. The van der Waals surface area contributed by atoms with E-state index in [0.717, 1.165) is 34.8 Å². The first-order valence-corrected chi connectivity index (χ1v) is 13.8. The molecular formula is C32H34O6. The Balaban J connectivity index is 1.27. The highest BCUT2D eigenvalue weighted by Crippen LogP contribution is 2.70. The molecule has 0 bridgehead atoms. The van der Waals surface area contributed by atoms with Gasteiger partial charge in [0.25, 0.3) is 0 Å². The molecule has 6 heteroatoms. The van der Waals surface area contributed by atoms with Crippen molar-refractivity contribution >= 4 is 22.3 Å². The molecule has 38 heavy (non-hydrogen) atoms. The lowest BCUT2D eigenvalue weighted by atomic mass is 9.46. The number of ketones is 2. The fraction of sp³-hybridized carbons (Fsp3) is 0.500. The Morgan fingerprint density at radius 2 is 1.92 bits per heavy atom. The first kappa shape index (κ1) is 24.4. The molecule has 0 amide bonds. The normalized spacial score (nSPS) is 43.3. The van der Waals surface area contributed by atoms with Gasteiger partial charge in [-0.1, -0.05) is 61.9 Å². The minimum atomic E-state index is -1.33. The Bertz CT molecular complexity index is 1410. The van der Waals surface area contributed by atoms with Gasteiger partial charge in [0.2, 0.25) is 0 Å². The number of aliphatic hydroxyl groups excluding tert-OH is 2. The third-order valence-corrected chi connectivity index (χ3v) is 10.8. The molecule has 0 aromatic heterocycles. The molecule has 5 aliphatic rings. The van der Waals surface area contributed by atoms with Gasteiger partial charge < -0.3 is 19.7 Å². The first-order valence-electron chi connectivity index (χ1n) is 13.8. The summed E-state index contributed by atoms with van der Waals surface area (Å²) in [5.41, 5.74) is -0.482. The average Bonchev–Trinajstić information content (AvgIpc) is 3.41. The number of carbonyl (C=O) groups is 2. The van der Waals surface area contributed by atoms with Crippen molar-refractivity contribution in [1.82, 2.24) is 0 Å². The van der Waals surface area contributed by atoms with Gasteiger partial charge in [-0.2, -0.15) is 0 Å². The van der Waals surface area contributed by atoms with E-state index in [1.807, 2.05) is 42.5 Å². The number of aliphatic hydroxyl groups is 2. The van der Waals surface area contributed by atoms with Crippen molar-refractivity contribution in [3.05, 3.63) is 71.8 Å². The van der Waals surface area contributed by atoms with Crippen LogP contribution in [0.15, 0.2) is 66.3 Å². The second-order valence-corrected chi connectivity index (χ2v) is 12.4. The van der Waals surface area contributed by atoms with Gasteiger partial charge in [-0.15, -0.1) is 0 Å². The van der Waals surface area contributed by atoms with E-state index in [4.69, 9.17) is 9.47 Å². The van der Waals surface area contributed by atoms with Crippen LogP contribution in [0.5, 0.6) is 0 Å². The van der Waals surface area contributed by atoms with Crippen molar-refractivity contribution in [2.24, 2.45) is 28.6 Å². The highest BCUT2D eigenvalue weighted by atomic mass is 16.7. The zero-order valence-electron chi connectivity index (χ0n) is 21.8. The van der Waals surface area contributed by atoms with Gasteiger partial charge in [0.1, 0.15) is 6.61 Å². The molecule has 4 aliphatic carbocycles. The number of hydrogen-bond donors (Lipinski definition) is 2. The van der Waals surface area contributed by atoms with Crippen LogP contribution in [0.1, 0.15) is 51.4 Å². The monoisotopic (exact) mass is 514 g/mol. The number of ether oxygens (including phenoxy) is 2. The molecule has 1 saturated heterocycles. The summed E-state index contributed by atoms with van der Waals surface area (Å²) in [4.78, 5) is 25.8. The molecular weight excluding hydrogens is 480 g/mol. The Morgan fingerprint density at radius 3 is 2.71 bits per heavy atom. The molecule has 1 heterocycles. The highest BCUT2D eigenvalue weighted by Gasteiger charge is 2.75. The van der Waals surface area contributed by atoms with E-state index >= 15 is 0 Å². The number of rotatable bonds is 3. The van der Waals surface area contributed by atoms with Gasteiger partial charge in [0.15, 0.2) is 23.5 Å². The molecule has 1 unspecified atom stereocenters. The van der Waals surface area contributed by atoms with Crippen molar-refractivity contribution in [2.75, 3.05) is 6.61 Å². The van der Waals surface area contributed by atoms with Crippen LogP contribution >= 0.6 is 0 Å². The summed E-state index contributed by atoms with van der Waals surface area (Å²) in [6.07, 6.45) is 6.10. The van der Waals surface area contributed by atoms with Crippen molar-refractivity contribution < 1.29 is 29.3 Å². The molecule has 198 valence electrons. The van der Waals surface area contributed by atoms with Crippen LogP contribution < -0.4 is 0 Å². The molecule has 6 nitrogen and oxygen atoms in total. The maximum absolute atomic E-state index is 13.7. The van der Waals surface area contributed by atoms with E-state index in [2.05, 4.69) is 19.9 Å². The molecule has 7 rings (SSSR count). The van der Waals surface area contributed by atoms with Crippen LogP contribution in [0, 0.1) is 28.6 Å². The van der Waals surface area contributed by atoms with Crippen LogP contribution in [-0.4, -0.2) is 46.2 Å². The third kappa shape index (κ3) is 3.03. The van der Waals surface area contributed by atoms with Crippen LogP contribution in [0.3, 0.4) is 0 Å². The minimum absolute atomic E-state index is 0.00971. The Kier molecular flexibility index (Phi) is 5.26. The van der Waals surface area contributed by atoms with Crippen LogP contribution in [0.2, 0.25) is 0 Å². The third-order valence-electron chi connectivity index (χ3n) is 10.8. The molecule has 4 fully saturated rings. The first-order chi connectivity index (χ1) is 18.2. The van der Waals surface area contributed by atoms with Gasteiger partial charge in [-0.25, -0.2) is 0 Å². The zero-order chi connectivity index (χ0) is 26.4.